The molecule has 0 saturated heterocycles. The second-order valence-electron chi connectivity index (χ2n) is 3.70. The molecule has 1 aromatic rings. The molecule has 1 aromatic carbocycles. The van der Waals surface area contributed by atoms with Crippen molar-refractivity contribution in [1.82, 2.24) is 0 Å². The average molecular weight is 239 g/mol. The van der Waals surface area contributed by atoms with Gasteiger partial charge in [-0.15, -0.1) is 0 Å². The Morgan fingerprint density at radius 2 is 2.06 bits per heavy atom. The maximum absolute atomic E-state index is 13.1. The van der Waals surface area contributed by atoms with Crippen LogP contribution < -0.4 is 0 Å². The van der Waals surface area contributed by atoms with E-state index in [-0.39, 0.29) is 25.0 Å². The van der Waals surface area contributed by atoms with Gasteiger partial charge in [0.15, 0.2) is 0 Å². The smallest absolute Gasteiger partial charge is 0.123 e. The van der Waals surface area contributed by atoms with Gasteiger partial charge in [-0.25, -0.2) is 4.39 Å². The van der Waals surface area contributed by atoms with E-state index in [1.54, 1.807) is 0 Å². The minimum atomic E-state index is -1.30. The first-order valence-electron chi connectivity index (χ1n) is 5.22. The molecular formula is C12H14FNO3. The monoisotopic (exact) mass is 239 g/mol. The normalized spacial score (nSPS) is 14.1. The van der Waals surface area contributed by atoms with Crippen LogP contribution in [0, 0.1) is 17.1 Å². The first-order valence-corrected chi connectivity index (χ1v) is 5.22. The molecule has 0 spiro atoms. The summed E-state index contributed by atoms with van der Waals surface area (Å²) in [4.78, 5) is 0. The maximum atomic E-state index is 13.1. The van der Waals surface area contributed by atoms with E-state index < -0.39 is 18.0 Å². The van der Waals surface area contributed by atoms with Crippen molar-refractivity contribution in [2.24, 2.45) is 0 Å². The van der Waals surface area contributed by atoms with Crippen LogP contribution in [-0.2, 0) is 6.42 Å². The van der Waals surface area contributed by atoms with Crippen LogP contribution in [0.3, 0.4) is 0 Å². The lowest BCUT2D eigenvalue weighted by Crippen LogP contribution is -2.20. The number of hydrogen-bond donors (Lipinski definition) is 3. The fourth-order valence-corrected chi connectivity index (χ4v) is 1.58. The van der Waals surface area contributed by atoms with Crippen molar-refractivity contribution < 1.29 is 19.7 Å². The van der Waals surface area contributed by atoms with Gasteiger partial charge in [0.1, 0.15) is 11.9 Å². The van der Waals surface area contributed by atoms with E-state index in [1.165, 1.54) is 12.1 Å². The number of aliphatic hydroxyl groups is 3. The maximum Gasteiger partial charge on any atom is 0.123 e. The molecule has 0 aromatic heterocycles. The zero-order valence-corrected chi connectivity index (χ0v) is 9.17. The van der Waals surface area contributed by atoms with Gasteiger partial charge >= 0.3 is 0 Å². The first-order chi connectivity index (χ1) is 8.10. The lowest BCUT2D eigenvalue weighted by Gasteiger charge is -2.19. The highest BCUT2D eigenvalue weighted by atomic mass is 19.1. The minimum absolute atomic E-state index is 0.0102. The molecule has 0 saturated carbocycles. The number of halogens is 1. The summed E-state index contributed by atoms with van der Waals surface area (Å²) in [5.41, 5.74) is 0.658. The zero-order chi connectivity index (χ0) is 12.8. The zero-order valence-electron chi connectivity index (χ0n) is 9.17. The number of benzene rings is 1. The predicted octanol–water partition coefficient (Wildman–Crippen LogP) is 0.668. The molecule has 0 heterocycles. The van der Waals surface area contributed by atoms with E-state index in [9.17, 15) is 14.6 Å². The molecule has 1 rings (SSSR count). The third kappa shape index (κ3) is 3.49. The molecular weight excluding hydrogens is 225 g/mol. The highest BCUT2D eigenvalue weighted by Crippen LogP contribution is 2.24. The van der Waals surface area contributed by atoms with Gasteiger partial charge in [0.2, 0.25) is 0 Å². The molecule has 0 aliphatic heterocycles. The molecule has 0 bridgehead atoms. The summed E-state index contributed by atoms with van der Waals surface area (Å²) < 4.78 is 13.1. The number of nitriles is 1. The van der Waals surface area contributed by atoms with E-state index in [0.717, 1.165) is 6.07 Å². The molecule has 3 N–H and O–H groups in total. The fourth-order valence-electron chi connectivity index (χ4n) is 1.58. The predicted molar refractivity (Wildman–Crippen MR) is 58.4 cm³/mol. The van der Waals surface area contributed by atoms with E-state index in [4.69, 9.17) is 10.4 Å². The molecule has 17 heavy (non-hydrogen) atoms. The summed E-state index contributed by atoms with van der Waals surface area (Å²) in [6, 6.07) is 5.60. The van der Waals surface area contributed by atoms with Crippen molar-refractivity contribution in [3.63, 3.8) is 0 Å². The summed E-state index contributed by atoms with van der Waals surface area (Å²) in [6.07, 6.45) is -2.47. The Morgan fingerprint density at radius 3 is 2.65 bits per heavy atom. The minimum Gasteiger partial charge on any atom is -0.396 e. The van der Waals surface area contributed by atoms with Crippen LogP contribution in [0.15, 0.2) is 18.2 Å². The van der Waals surface area contributed by atoms with Gasteiger partial charge in [0.05, 0.1) is 18.6 Å². The van der Waals surface area contributed by atoms with Crippen molar-refractivity contribution in [3.8, 4) is 6.07 Å². The summed E-state index contributed by atoms with van der Waals surface area (Å²) in [6.45, 7) is -0.277. The van der Waals surface area contributed by atoms with E-state index in [0.29, 0.717) is 5.56 Å². The van der Waals surface area contributed by atoms with Crippen LogP contribution in [-0.4, -0.2) is 28.0 Å². The van der Waals surface area contributed by atoms with Gasteiger partial charge < -0.3 is 15.3 Å². The Bertz CT molecular complexity index is 417. The highest BCUT2D eigenvalue weighted by molar-refractivity contribution is 5.32. The summed E-state index contributed by atoms with van der Waals surface area (Å²) in [5.74, 6) is -0.545. The van der Waals surface area contributed by atoms with Gasteiger partial charge in [-0.05, 0) is 29.7 Å². The second kappa shape index (κ2) is 6.30. The molecule has 2 atom stereocenters. The molecule has 4 nitrogen and oxygen atoms in total. The third-order valence-corrected chi connectivity index (χ3v) is 2.49. The van der Waals surface area contributed by atoms with Gasteiger partial charge in [0.25, 0.3) is 0 Å². The van der Waals surface area contributed by atoms with Crippen molar-refractivity contribution in [2.45, 2.75) is 25.0 Å². The topological polar surface area (TPSA) is 84.5 Å². The van der Waals surface area contributed by atoms with Crippen molar-refractivity contribution in [3.05, 3.63) is 35.1 Å². The molecule has 0 radical (unpaired) electrons. The van der Waals surface area contributed by atoms with Gasteiger partial charge in [-0.3, -0.25) is 0 Å². The standard InChI is InChI=1S/C12H14FNO3/c13-9-2-1-8(3-5-14)10(7-9)12(17)11(16)4-6-15/h1-2,7,11-12,15-17H,3-4,6H2. The van der Waals surface area contributed by atoms with Crippen molar-refractivity contribution >= 4 is 0 Å². The van der Waals surface area contributed by atoms with Crippen LogP contribution in [0.1, 0.15) is 23.7 Å². The van der Waals surface area contributed by atoms with Crippen LogP contribution >= 0.6 is 0 Å². The quantitative estimate of drug-likeness (QED) is 0.705. The number of rotatable bonds is 5. The van der Waals surface area contributed by atoms with Gasteiger partial charge in [0, 0.05) is 6.61 Å². The summed E-state index contributed by atoms with van der Waals surface area (Å²) in [7, 11) is 0. The van der Waals surface area contributed by atoms with Crippen LogP contribution in [0.5, 0.6) is 0 Å². The Kier molecular flexibility index (Phi) is 5.04. The lowest BCUT2D eigenvalue weighted by atomic mass is 9.95. The molecule has 5 heteroatoms. The van der Waals surface area contributed by atoms with Crippen LogP contribution in [0.2, 0.25) is 0 Å². The molecule has 2 unspecified atom stereocenters. The first kappa shape index (κ1) is 13.6. The molecule has 0 aliphatic rings. The Labute approximate surface area is 98.6 Å². The Morgan fingerprint density at radius 1 is 1.35 bits per heavy atom. The Hall–Kier alpha value is -1.48. The van der Waals surface area contributed by atoms with E-state index in [1.807, 2.05) is 6.07 Å². The van der Waals surface area contributed by atoms with E-state index >= 15 is 0 Å². The van der Waals surface area contributed by atoms with Crippen molar-refractivity contribution in [2.75, 3.05) is 6.61 Å². The van der Waals surface area contributed by atoms with Crippen LogP contribution in [0.25, 0.3) is 0 Å². The summed E-state index contributed by atoms with van der Waals surface area (Å²) >= 11 is 0. The molecule has 0 fully saturated rings. The second-order valence-corrected chi connectivity index (χ2v) is 3.70. The van der Waals surface area contributed by atoms with E-state index in [2.05, 4.69) is 0 Å². The van der Waals surface area contributed by atoms with Gasteiger partial charge in [-0.1, -0.05) is 6.07 Å². The van der Waals surface area contributed by atoms with Crippen molar-refractivity contribution in [1.29, 1.82) is 5.26 Å². The molecule has 0 aliphatic carbocycles. The van der Waals surface area contributed by atoms with Gasteiger partial charge in [-0.2, -0.15) is 5.26 Å². The number of hydrogen-bond acceptors (Lipinski definition) is 4. The molecule has 0 amide bonds. The fraction of sp³-hybridized carbons (Fsp3) is 0.417. The lowest BCUT2D eigenvalue weighted by molar-refractivity contribution is 0.00368. The number of aliphatic hydroxyl groups excluding tert-OH is 3. The SMILES string of the molecule is N#CCc1ccc(F)cc1C(O)C(O)CCO. The molecule has 92 valence electrons. The highest BCUT2D eigenvalue weighted by Gasteiger charge is 2.21. The average Bonchev–Trinajstić information content (AvgIpc) is 2.31. The largest absolute Gasteiger partial charge is 0.396 e. The number of nitrogens with zero attached hydrogens (tertiary/aromatic N) is 1. The van der Waals surface area contributed by atoms with Crippen LogP contribution in [0.4, 0.5) is 4.39 Å². The summed E-state index contributed by atoms with van der Waals surface area (Å²) in [5, 5.41) is 36.6. The third-order valence-electron chi connectivity index (χ3n) is 2.49. The Balaban J connectivity index is 3.01.